The molecule has 1 aromatic rings. The molecular formula is C12H17ClN2O3. The Labute approximate surface area is 111 Å². The molecule has 0 amide bonds. The minimum atomic E-state index is -0.472. The van der Waals surface area contributed by atoms with Gasteiger partial charge in [-0.25, -0.2) is 0 Å². The van der Waals surface area contributed by atoms with Crippen molar-refractivity contribution in [3.63, 3.8) is 0 Å². The van der Waals surface area contributed by atoms with Crippen LogP contribution < -0.4 is 5.32 Å². The van der Waals surface area contributed by atoms with Gasteiger partial charge in [0.2, 0.25) is 0 Å². The number of rotatable bonds is 7. The van der Waals surface area contributed by atoms with E-state index >= 15 is 0 Å². The van der Waals surface area contributed by atoms with Crippen molar-refractivity contribution in [1.82, 2.24) is 0 Å². The van der Waals surface area contributed by atoms with Crippen molar-refractivity contribution in [3.8, 4) is 0 Å². The molecule has 0 aliphatic rings. The van der Waals surface area contributed by atoms with Crippen LogP contribution >= 0.6 is 11.6 Å². The molecule has 100 valence electrons. The SMILES string of the molecule is CCCC(COC)Nc1cccc(Cl)c1[N+](=O)[O-]. The van der Waals surface area contributed by atoms with E-state index in [1.807, 2.05) is 0 Å². The molecule has 0 heterocycles. The van der Waals surface area contributed by atoms with Crippen LogP contribution in [0.2, 0.25) is 5.02 Å². The number of nitro groups is 1. The molecule has 0 aromatic heterocycles. The zero-order chi connectivity index (χ0) is 13.5. The van der Waals surface area contributed by atoms with Gasteiger partial charge in [-0.05, 0) is 18.6 Å². The standard InChI is InChI=1S/C12H17ClN2O3/c1-3-5-9(8-18-2)14-11-7-4-6-10(13)12(11)15(16)17/h4,6-7,9,14H,3,5,8H2,1-2H3. The predicted molar refractivity (Wildman–Crippen MR) is 72.3 cm³/mol. The summed E-state index contributed by atoms with van der Waals surface area (Å²) >= 11 is 5.85. The third kappa shape index (κ3) is 3.85. The van der Waals surface area contributed by atoms with Gasteiger partial charge in [0, 0.05) is 13.2 Å². The summed E-state index contributed by atoms with van der Waals surface area (Å²) < 4.78 is 5.09. The number of nitrogens with one attached hydrogen (secondary N) is 1. The van der Waals surface area contributed by atoms with Gasteiger partial charge < -0.3 is 10.1 Å². The lowest BCUT2D eigenvalue weighted by molar-refractivity contribution is -0.383. The lowest BCUT2D eigenvalue weighted by atomic mass is 10.1. The molecule has 0 spiro atoms. The number of benzene rings is 1. The maximum absolute atomic E-state index is 11.0. The highest BCUT2D eigenvalue weighted by Gasteiger charge is 2.20. The topological polar surface area (TPSA) is 64.4 Å². The summed E-state index contributed by atoms with van der Waals surface area (Å²) in [6.07, 6.45) is 1.84. The van der Waals surface area contributed by atoms with Gasteiger partial charge in [0.1, 0.15) is 10.7 Å². The van der Waals surface area contributed by atoms with Crippen LogP contribution in [-0.2, 0) is 4.74 Å². The summed E-state index contributed by atoms with van der Waals surface area (Å²) in [4.78, 5) is 10.5. The van der Waals surface area contributed by atoms with Crippen molar-refractivity contribution >= 4 is 23.0 Å². The number of halogens is 1. The van der Waals surface area contributed by atoms with Crippen molar-refractivity contribution in [2.45, 2.75) is 25.8 Å². The summed E-state index contributed by atoms with van der Waals surface area (Å²) in [5.74, 6) is 0. The molecule has 1 atom stereocenters. The number of nitrogens with zero attached hydrogens (tertiary/aromatic N) is 1. The first kappa shape index (κ1) is 14.7. The Kier molecular flexibility index (Phi) is 5.88. The van der Waals surface area contributed by atoms with E-state index < -0.39 is 4.92 Å². The number of nitro benzene ring substituents is 1. The first-order chi connectivity index (χ1) is 8.60. The molecule has 0 saturated heterocycles. The largest absolute Gasteiger partial charge is 0.383 e. The molecular weight excluding hydrogens is 256 g/mol. The zero-order valence-corrected chi connectivity index (χ0v) is 11.2. The Morgan fingerprint density at radius 2 is 2.28 bits per heavy atom. The van der Waals surface area contributed by atoms with Gasteiger partial charge in [0.15, 0.2) is 0 Å². The van der Waals surface area contributed by atoms with Gasteiger partial charge in [-0.3, -0.25) is 10.1 Å². The van der Waals surface area contributed by atoms with Gasteiger partial charge in [0.05, 0.1) is 11.5 Å². The van der Waals surface area contributed by atoms with Gasteiger partial charge in [-0.2, -0.15) is 0 Å². The molecule has 18 heavy (non-hydrogen) atoms. The molecule has 1 rings (SSSR count). The van der Waals surface area contributed by atoms with Crippen LogP contribution in [0.5, 0.6) is 0 Å². The van der Waals surface area contributed by atoms with E-state index in [1.54, 1.807) is 19.2 Å². The fraction of sp³-hybridized carbons (Fsp3) is 0.500. The van der Waals surface area contributed by atoms with Crippen LogP contribution in [0.25, 0.3) is 0 Å². The van der Waals surface area contributed by atoms with Crippen LogP contribution in [0.4, 0.5) is 11.4 Å². The Morgan fingerprint density at radius 1 is 1.56 bits per heavy atom. The fourth-order valence-corrected chi connectivity index (χ4v) is 2.03. The molecule has 0 saturated carbocycles. The van der Waals surface area contributed by atoms with Gasteiger partial charge in [-0.15, -0.1) is 0 Å². The summed E-state index contributed by atoms with van der Waals surface area (Å²) in [5, 5.41) is 14.2. The molecule has 0 radical (unpaired) electrons. The smallest absolute Gasteiger partial charge is 0.310 e. The monoisotopic (exact) mass is 272 g/mol. The van der Waals surface area contributed by atoms with Crippen LogP contribution in [0.1, 0.15) is 19.8 Å². The van der Waals surface area contributed by atoms with Crippen LogP contribution in [0.15, 0.2) is 18.2 Å². The molecule has 0 aliphatic carbocycles. The minimum Gasteiger partial charge on any atom is -0.383 e. The number of hydrogen-bond donors (Lipinski definition) is 1. The number of anilines is 1. The van der Waals surface area contributed by atoms with E-state index in [4.69, 9.17) is 16.3 Å². The summed E-state index contributed by atoms with van der Waals surface area (Å²) in [6, 6.07) is 4.89. The number of ether oxygens (including phenoxy) is 1. The summed E-state index contributed by atoms with van der Waals surface area (Å²) in [5.41, 5.74) is 0.347. The van der Waals surface area contributed by atoms with Gasteiger partial charge in [0.25, 0.3) is 0 Å². The molecule has 1 aromatic carbocycles. The minimum absolute atomic E-state index is 0.0390. The van der Waals surface area contributed by atoms with Crippen molar-refractivity contribution in [2.75, 3.05) is 19.0 Å². The Morgan fingerprint density at radius 3 is 2.83 bits per heavy atom. The summed E-state index contributed by atoms with van der Waals surface area (Å²) in [6.45, 7) is 2.55. The third-order valence-electron chi connectivity index (χ3n) is 2.53. The third-order valence-corrected chi connectivity index (χ3v) is 2.84. The second-order valence-electron chi connectivity index (χ2n) is 3.98. The molecule has 1 N–H and O–H groups in total. The van der Waals surface area contributed by atoms with Gasteiger partial charge in [-0.1, -0.05) is 31.0 Å². The van der Waals surface area contributed by atoms with Gasteiger partial charge >= 0.3 is 5.69 Å². The molecule has 0 fully saturated rings. The molecule has 0 aliphatic heterocycles. The lowest BCUT2D eigenvalue weighted by Crippen LogP contribution is -2.25. The predicted octanol–water partition coefficient (Wildman–Crippen LogP) is 3.48. The first-order valence-electron chi connectivity index (χ1n) is 5.78. The first-order valence-corrected chi connectivity index (χ1v) is 6.16. The van der Waals surface area contributed by atoms with Crippen LogP contribution in [0.3, 0.4) is 0 Å². The number of para-hydroxylation sites is 1. The molecule has 5 nitrogen and oxygen atoms in total. The Bertz CT molecular complexity index is 406. The van der Waals surface area contributed by atoms with Crippen LogP contribution in [0, 0.1) is 10.1 Å². The average molecular weight is 273 g/mol. The van der Waals surface area contributed by atoms with E-state index in [-0.39, 0.29) is 16.8 Å². The second-order valence-corrected chi connectivity index (χ2v) is 4.39. The molecule has 1 unspecified atom stereocenters. The molecule has 6 heteroatoms. The highest BCUT2D eigenvalue weighted by atomic mass is 35.5. The van der Waals surface area contributed by atoms with E-state index in [0.29, 0.717) is 12.3 Å². The van der Waals surface area contributed by atoms with Crippen molar-refractivity contribution < 1.29 is 9.66 Å². The highest BCUT2D eigenvalue weighted by Crippen LogP contribution is 2.32. The van der Waals surface area contributed by atoms with E-state index in [2.05, 4.69) is 12.2 Å². The van der Waals surface area contributed by atoms with E-state index in [1.165, 1.54) is 6.07 Å². The zero-order valence-electron chi connectivity index (χ0n) is 10.5. The highest BCUT2D eigenvalue weighted by molar-refractivity contribution is 6.33. The number of methoxy groups -OCH3 is 1. The fourth-order valence-electron chi connectivity index (χ4n) is 1.78. The quantitative estimate of drug-likeness (QED) is 0.610. The molecule has 0 bridgehead atoms. The van der Waals surface area contributed by atoms with Crippen LogP contribution in [-0.4, -0.2) is 24.7 Å². The van der Waals surface area contributed by atoms with Crippen molar-refractivity contribution in [3.05, 3.63) is 33.3 Å². The number of hydrogen-bond acceptors (Lipinski definition) is 4. The van der Waals surface area contributed by atoms with E-state index in [0.717, 1.165) is 12.8 Å². The average Bonchev–Trinajstić information content (AvgIpc) is 2.29. The Hall–Kier alpha value is -1.33. The van der Waals surface area contributed by atoms with Crippen molar-refractivity contribution in [2.24, 2.45) is 0 Å². The normalized spacial score (nSPS) is 12.2. The Balaban J connectivity index is 2.94. The van der Waals surface area contributed by atoms with Crippen molar-refractivity contribution in [1.29, 1.82) is 0 Å². The lowest BCUT2D eigenvalue weighted by Gasteiger charge is -2.18. The second kappa shape index (κ2) is 7.18. The summed E-state index contributed by atoms with van der Waals surface area (Å²) in [7, 11) is 1.61. The maximum Gasteiger partial charge on any atom is 0.310 e. The van der Waals surface area contributed by atoms with E-state index in [9.17, 15) is 10.1 Å². The maximum atomic E-state index is 11.0.